The normalized spacial score (nSPS) is 13.4. The predicted molar refractivity (Wildman–Crippen MR) is 58.0 cm³/mol. The molecule has 0 spiro atoms. The van der Waals surface area contributed by atoms with Gasteiger partial charge in [-0.05, 0) is 13.8 Å². The first-order valence-electron chi connectivity index (χ1n) is 4.47. The molecular formula is C10H18N2S. The van der Waals surface area contributed by atoms with Crippen molar-refractivity contribution in [2.24, 2.45) is 5.73 Å². The van der Waals surface area contributed by atoms with Gasteiger partial charge in [-0.25, -0.2) is 4.98 Å². The van der Waals surface area contributed by atoms with E-state index in [0.717, 1.165) is 9.88 Å². The predicted octanol–water partition coefficient (Wildman–Crippen LogP) is 2.63. The molecule has 1 rings (SSSR count). The summed E-state index contributed by atoms with van der Waals surface area (Å²) in [5.41, 5.74) is 5.85. The zero-order valence-corrected chi connectivity index (χ0v) is 9.83. The monoisotopic (exact) mass is 198 g/mol. The Kier molecular flexibility index (Phi) is 2.52. The van der Waals surface area contributed by atoms with Crippen LogP contribution >= 0.6 is 11.3 Å². The summed E-state index contributed by atoms with van der Waals surface area (Å²) in [6, 6.07) is 0. The average Bonchev–Trinajstić information content (AvgIpc) is 2.28. The lowest BCUT2D eigenvalue weighted by atomic mass is 9.98. The number of nitrogens with zero attached hydrogens (tertiary/aromatic N) is 1. The standard InChI is InChI=1S/C10H18N2S/c1-9(2,3)8-12-6-7(13-8)10(4,5)11/h6H,11H2,1-5H3. The van der Waals surface area contributed by atoms with E-state index in [-0.39, 0.29) is 11.0 Å². The van der Waals surface area contributed by atoms with E-state index >= 15 is 0 Å². The molecule has 0 aliphatic carbocycles. The van der Waals surface area contributed by atoms with Gasteiger partial charge in [0.2, 0.25) is 0 Å². The van der Waals surface area contributed by atoms with Gasteiger partial charge in [-0.3, -0.25) is 0 Å². The number of thiazole rings is 1. The molecule has 2 N–H and O–H groups in total. The van der Waals surface area contributed by atoms with Crippen LogP contribution in [0.1, 0.15) is 44.5 Å². The third-order valence-electron chi connectivity index (χ3n) is 1.78. The van der Waals surface area contributed by atoms with Gasteiger partial charge in [-0.2, -0.15) is 0 Å². The molecule has 0 fully saturated rings. The summed E-state index contributed by atoms with van der Waals surface area (Å²) in [7, 11) is 0. The van der Waals surface area contributed by atoms with Crippen LogP contribution in [0, 0.1) is 0 Å². The molecule has 0 aromatic carbocycles. The molecular weight excluding hydrogens is 180 g/mol. The summed E-state index contributed by atoms with van der Waals surface area (Å²) < 4.78 is 0. The number of nitrogens with two attached hydrogens (primary N) is 1. The number of aromatic nitrogens is 1. The van der Waals surface area contributed by atoms with Crippen molar-refractivity contribution in [1.29, 1.82) is 0 Å². The molecule has 0 saturated carbocycles. The summed E-state index contributed by atoms with van der Waals surface area (Å²) in [5, 5.41) is 1.15. The molecule has 1 heterocycles. The minimum atomic E-state index is -0.263. The first kappa shape index (κ1) is 10.7. The van der Waals surface area contributed by atoms with Crippen molar-refractivity contribution >= 4 is 11.3 Å². The molecule has 0 aliphatic rings. The molecule has 0 saturated heterocycles. The van der Waals surface area contributed by atoms with Gasteiger partial charge < -0.3 is 5.73 Å². The lowest BCUT2D eigenvalue weighted by molar-refractivity contribution is 0.565. The van der Waals surface area contributed by atoms with Crippen molar-refractivity contribution in [3.05, 3.63) is 16.1 Å². The second-order valence-corrected chi connectivity index (χ2v) is 6.03. The van der Waals surface area contributed by atoms with Crippen molar-refractivity contribution < 1.29 is 0 Å². The van der Waals surface area contributed by atoms with E-state index in [2.05, 4.69) is 25.8 Å². The molecule has 0 aliphatic heterocycles. The molecule has 0 bridgehead atoms. The SMILES string of the molecule is CC(C)(C)c1ncc(C(C)(C)N)s1. The van der Waals surface area contributed by atoms with Gasteiger partial charge in [0.1, 0.15) is 0 Å². The van der Waals surface area contributed by atoms with Crippen LogP contribution in [0.4, 0.5) is 0 Å². The Bertz CT molecular complexity index is 260. The topological polar surface area (TPSA) is 38.9 Å². The largest absolute Gasteiger partial charge is 0.321 e. The van der Waals surface area contributed by atoms with E-state index < -0.39 is 0 Å². The van der Waals surface area contributed by atoms with Crippen LogP contribution in [-0.4, -0.2) is 4.98 Å². The molecule has 1 aromatic heterocycles. The van der Waals surface area contributed by atoms with Gasteiger partial charge >= 0.3 is 0 Å². The molecule has 0 atom stereocenters. The molecule has 3 heteroatoms. The smallest absolute Gasteiger partial charge is 0.0981 e. The summed E-state index contributed by atoms with van der Waals surface area (Å²) in [5.74, 6) is 0. The third-order valence-corrected chi connectivity index (χ3v) is 3.54. The van der Waals surface area contributed by atoms with Crippen LogP contribution in [0.5, 0.6) is 0 Å². The first-order chi connectivity index (χ1) is 5.71. The van der Waals surface area contributed by atoms with Gasteiger partial charge in [0.25, 0.3) is 0 Å². The van der Waals surface area contributed by atoms with Gasteiger partial charge in [-0.1, -0.05) is 20.8 Å². The summed E-state index contributed by atoms with van der Waals surface area (Å²) in [4.78, 5) is 5.54. The van der Waals surface area contributed by atoms with Crippen molar-refractivity contribution in [2.45, 2.75) is 45.6 Å². The number of hydrogen-bond donors (Lipinski definition) is 1. The fraction of sp³-hybridized carbons (Fsp3) is 0.700. The molecule has 13 heavy (non-hydrogen) atoms. The first-order valence-corrected chi connectivity index (χ1v) is 5.28. The Morgan fingerprint density at radius 3 is 2.00 bits per heavy atom. The second kappa shape index (κ2) is 3.07. The fourth-order valence-electron chi connectivity index (χ4n) is 0.919. The molecule has 0 amide bonds. The van der Waals surface area contributed by atoms with E-state index in [4.69, 9.17) is 5.73 Å². The van der Waals surface area contributed by atoms with E-state index in [1.807, 2.05) is 20.0 Å². The molecule has 0 radical (unpaired) electrons. The Morgan fingerprint density at radius 2 is 1.77 bits per heavy atom. The van der Waals surface area contributed by atoms with Gasteiger partial charge in [0.15, 0.2) is 0 Å². The van der Waals surface area contributed by atoms with Crippen LogP contribution in [0.3, 0.4) is 0 Å². The number of rotatable bonds is 1. The van der Waals surface area contributed by atoms with Crippen molar-refractivity contribution in [3.8, 4) is 0 Å². The highest BCUT2D eigenvalue weighted by Crippen LogP contribution is 2.30. The summed E-state index contributed by atoms with van der Waals surface area (Å²) in [6.07, 6.45) is 1.89. The minimum absolute atomic E-state index is 0.133. The lowest BCUT2D eigenvalue weighted by Crippen LogP contribution is -2.27. The van der Waals surface area contributed by atoms with E-state index in [9.17, 15) is 0 Å². The fourth-order valence-corrected chi connectivity index (χ4v) is 1.91. The Balaban J connectivity index is 3.01. The molecule has 2 nitrogen and oxygen atoms in total. The van der Waals surface area contributed by atoms with Crippen LogP contribution in [0.15, 0.2) is 6.20 Å². The third kappa shape index (κ3) is 2.51. The van der Waals surface area contributed by atoms with Gasteiger partial charge in [0, 0.05) is 22.0 Å². The molecule has 74 valence electrons. The van der Waals surface area contributed by atoms with Gasteiger partial charge in [0.05, 0.1) is 5.01 Å². The minimum Gasteiger partial charge on any atom is -0.321 e. The van der Waals surface area contributed by atoms with E-state index in [1.165, 1.54) is 0 Å². The summed E-state index contributed by atoms with van der Waals surface area (Å²) in [6.45, 7) is 10.5. The van der Waals surface area contributed by atoms with Crippen LogP contribution in [-0.2, 0) is 11.0 Å². The van der Waals surface area contributed by atoms with Crippen LogP contribution < -0.4 is 5.73 Å². The van der Waals surface area contributed by atoms with Crippen LogP contribution in [0.25, 0.3) is 0 Å². The highest BCUT2D eigenvalue weighted by atomic mass is 32.1. The van der Waals surface area contributed by atoms with Crippen molar-refractivity contribution in [1.82, 2.24) is 4.98 Å². The van der Waals surface area contributed by atoms with Crippen molar-refractivity contribution in [3.63, 3.8) is 0 Å². The van der Waals surface area contributed by atoms with Crippen molar-refractivity contribution in [2.75, 3.05) is 0 Å². The van der Waals surface area contributed by atoms with E-state index in [1.54, 1.807) is 11.3 Å². The molecule has 0 unspecified atom stereocenters. The quantitative estimate of drug-likeness (QED) is 0.753. The van der Waals surface area contributed by atoms with Crippen LogP contribution in [0.2, 0.25) is 0 Å². The Hall–Kier alpha value is -0.410. The maximum Gasteiger partial charge on any atom is 0.0981 e. The maximum atomic E-state index is 5.98. The average molecular weight is 198 g/mol. The van der Waals surface area contributed by atoms with Gasteiger partial charge in [-0.15, -0.1) is 11.3 Å². The summed E-state index contributed by atoms with van der Waals surface area (Å²) >= 11 is 1.71. The Morgan fingerprint density at radius 1 is 1.23 bits per heavy atom. The lowest BCUT2D eigenvalue weighted by Gasteiger charge is -2.16. The number of hydrogen-bond acceptors (Lipinski definition) is 3. The highest BCUT2D eigenvalue weighted by Gasteiger charge is 2.22. The highest BCUT2D eigenvalue weighted by molar-refractivity contribution is 7.11. The van der Waals surface area contributed by atoms with E-state index in [0.29, 0.717) is 0 Å². The zero-order valence-electron chi connectivity index (χ0n) is 9.01. The molecule has 1 aromatic rings. The second-order valence-electron chi connectivity index (χ2n) is 5.00. The zero-order chi connectivity index (χ0) is 10.3. The Labute approximate surface area is 84.2 Å². The maximum absolute atomic E-state index is 5.98.